The Balaban J connectivity index is 1.28. The molecule has 0 unspecified atom stereocenters. The smallest absolute Gasteiger partial charge is 0.319 e. The van der Waals surface area contributed by atoms with Gasteiger partial charge in [-0.1, -0.05) is 32.1 Å². The fourth-order valence-corrected chi connectivity index (χ4v) is 4.47. The van der Waals surface area contributed by atoms with Crippen LogP contribution in [-0.4, -0.2) is 78.9 Å². The van der Waals surface area contributed by atoms with Gasteiger partial charge in [0.2, 0.25) is 5.91 Å². The van der Waals surface area contributed by atoms with Crippen LogP contribution in [-0.2, 0) is 14.4 Å². The Labute approximate surface area is 203 Å². The summed E-state index contributed by atoms with van der Waals surface area (Å²) in [5.41, 5.74) is 0.674. The molecule has 2 heterocycles. The van der Waals surface area contributed by atoms with Crippen molar-refractivity contribution in [1.29, 1.82) is 0 Å². The fourth-order valence-electron chi connectivity index (χ4n) is 4.47. The first-order chi connectivity index (χ1) is 16.7. The second kappa shape index (κ2) is 15.6. The highest BCUT2D eigenvalue weighted by Crippen LogP contribution is 2.24. The number of carbonyl (C=O) groups is 2. The van der Waals surface area contributed by atoms with E-state index in [0.717, 1.165) is 71.4 Å². The fraction of sp³-hybridized carbons (Fsp3) is 0.720. The third-order valence-electron chi connectivity index (χ3n) is 6.42. The van der Waals surface area contributed by atoms with Crippen LogP contribution in [0.1, 0.15) is 64.2 Å². The molecule has 1 aromatic rings. The van der Waals surface area contributed by atoms with Crippen molar-refractivity contribution >= 4 is 17.6 Å². The highest BCUT2D eigenvalue weighted by molar-refractivity contribution is 5.88. The largest absolute Gasteiger partial charge is 0.379 e. The van der Waals surface area contributed by atoms with Gasteiger partial charge in [-0.3, -0.25) is 19.5 Å². The summed E-state index contributed by atoms with van der Waals surface area (Å²) in [7, 11) is 0. The minimum absolute atomic E-state index is 0.114. The molecule has 2 N–H and O–H groups in total. The summed E-state index contributed by atoms with van der Waals surface area (Å²) < 4.78 is 5.40. The summed E-state index contributed by atoms with van der Waals surface area (Å²) in [5, 5.41) is 7.32. The number of morpholine rings is 1. The maximum absolute atomic E-state index is 13.0. The zero-order valence-electron chi connectivity index (χ0n) is 20.4. The number of hydrogen-bond acceptors (Lipinski definition) is 6. The third-order valence-corrected chi connectivity index (χ3v) is 6.42. The molecule has 1 aliphatic heterocycles. The van der Waals surface area contributed by atoms with E-state index in [2.05, 4.69) is 20.5 Å². The molecule has 9 nitrogen and oxygen atoms in total. The average Bonchev–Trinajstić information content (AvgIpc) is 2.87. The number of amides is 3. The quantitative estimate of drug-likeness (QED) is 0.334. The summed E-state index contributed by atoms with van der Waals surface area (Å²) in [5.74, 6) is 0.114. The second-order valence-corrected chi connectivity index (χ2v) is 9.09. The van der Waals surface area contributed by atoms with Gasteiger partial charge in [0.1, 0.15) is 0 Å². The molecule has 0 aromatic carbocycles. The molecule has 0 atom stereocenters. The number of pyridine rings is 1. The normalized spacial score (nSPS) is 17.3. The lowest BCUT2D eigenvalue weighted by Gasteiger charge is -2.34. The van der Waals surface area contributed by atoms with Crippen molar-refractivity contribution in [3.63, 3.8) is 0 Å². The second-order valence-electron chi connectivity index (χ2n) is 9.09. The van der Waals surface area contributed by atoms with E-state index in [1.165, 1.54) is 19.3 Å². The summed E-state index contributed by atoms with van der Waals surface area (Å²) in [6.07, 6.45) is 13.1. The van der Waals surface area contributed by atoms with Gasteiger partial charge >= 0.3 is 6.03 Å². The van der Waals surface area contributed by atoms with E-state index in [1.807, 2.05) is 0 Å². The number of nitrogens with one attached hydrogen (secondary N) is 2. The standard InChI is InChI=1S/C25H41N5O4/c31-24(12-6-1-2-7-14-27-25(32)28-22-9-8-13-26-21-22)30(23-10-4-3-5-11-23)34-20-17-29-15-18-33-19-16-29/h8-9,13,21,23H,1-7,10-12,14-20H2,(H2,27,28,32). The Morgan fingerprint density at radius 3 is 2.68 bits per heavy atom. The molecule has 0 bridgehead atoms. The number of rotatable bonds is 13. The molecule has 190 valence electrons. The van der Waals surface area contributed by atoms with E-state index in [1.54, 1.807) is 29.6 Å². The molecule has 2 fully saturated rings. The molecule has 0 spiro atoms. The van der Waals surface area contributed by atoms with Gasteiger partial charge in [0.05, 0.1) is 37.7 Å². The van der Waals surface area contributed by atoms with Crippen LogP contribution in [0.25, 0.3) is 0 Å². The summed E-state index contributed by atoms with van der Waals surface area (Å²) in [6.45, 7) is 5.41. The predicted octanol–water partition coefficient (Wildman–Crippen LogP) is 3.58. The van der Waals surface area contributed by atoms with E-state index in [9.17, 15) is 9.59 Å². The van der Waals surface area contributed by atoms with Crippen molar-refractivity contribution < 1.29 is 19.2 Å². The van der Waals surface area contributed by atoms with Crippen LogP contribution in [0.2, 0.25) is 0 Å². The molecule has 1 saturated carbocycles. The van der Waals surface area contributed by atoms with Crippen molar-refractivity contribution in [1.82, 2.24) is 20.3 Å². The van der Waals surface area contributed by atoms with Crippen LogP contribution in [0.4, 0.5) is 10.5 Å². The van der Waals surface area contributed by atoms with Crippen molar-refractivity contribution in [2.75, 3.05) is 51.3 Å². The van der Waals surface area contributed by atoms with Crippen molar-refractivity contribution in [2.45, 2.75) is 70.3 Å². The van der Waals surface area contributed by atoms with Gasteiger partial charge in [-0.2, -0.15) is 0 Å². The first kappa shape index (κ1) is 26.4. The van der Waals surface area contributed by atoms with Crippen molar-refractivity contribution in [3.05, 3.63) is 24.5 Å². The Bertz CT molecular complexity index is 709. The molecule has 1 saturated heterocycles. The van der Waals surface area contributed by atoms with Crippen LogP contribution < -0.4 is 10.6 Å². The minimum atomic E-state index is -0.222. The topological polar surface area (TPSA) is 96.0 Å². The number of anilines is 1. The maximum atomic E-state index is 13.0. The van der Waals surface area contributed by atoms with E-state index in [4.69, 9.17) is 9.57 Å². The number of nitrogens with zero attached hydrogens (tertiary/aromatic N) is 3. The zero-order valence-corrected chi connectivity index (χ0v) is 20.4. The first-order valence-electron chi connectivity index (χ1n) is 12.9. The van der Waals surface area contributed by atoms with E-state index < -0.39 is 0 Å². The van der Waals surface area contributed by atoms with Gasteiger partial charge in [0.25, 0.3) is 0 Å². The number of urea groups is 1. The number of hydrogen-bond donors (Lipinski definition) is 2. The lowest BCUT2D eigenvalue weighted by Crippen LogP contribution is -2.44. The van der Waals surface area contributed by atoms with Crippen LogP contribution >= 0.6 is 0 Å². The number of hydroxylamine groups is 2. The Kier molecular flexibility index (Phi) is 12.1. The molecule has 1 aromatic heterocycles. The summed E-state index contributed by atoms with van der Waals surface area (Å²) >= 11 is 0. The maximum Gasteiger partial charge on any atom is 0.319 e. The van der Waals surface area contributed by atoms with Crippen molar-refractivity contribution in [2.24, 2.45) is 0 Å². The predicted molar refractivity (Wildman–Crippen MR) is 131 cm³/mol. The van der Waals surface area contributed by atoms with E-state index in [-0.39, 0.29) is 18.0 Å². The van der Waals surface area contributed by atoms with Gasteiger partial charge in [0.15, 0.2) is 0 Å². The molecule has 9 heteroatoms. The SMILES string of the molecule is O=C(NCCCCCCC(=O)N(OCCN1CCOCC1)C1CCCCC1)Nc1cccnc1. The van der Waals surface area contributed by atoms with Crippen LogP contribution in [0.15, 0.2) is 24.5 Å². The van der Waals surface area contributed by atoms with Crippen molar-refractivity contribution in [3.8, 4) is 0 Å². The third kappa shape index (κ3) is 9.95. The van der Waals surface area contributed by atoms with E-state index >= 15 is 0 Å². The van der Waals surface area contributed by atoms with Gasteiger partial charge in [-0.25, -0.2) is 9.86 Å². The zero-order chi connectivity index (χ0) is 23.8. The minimum Gasteiger partial charge on any atom is -0.379 e. The molecule has 34 heavy (non-hydrogen) atoms. The van der Waals surface area contributed by atoms with Gasteiger partial charge in [0, 0.05) is 38.8 Å². The highest BCUT2D eigenvalue weighted by atomic mass is 16.7. The van der Waals surface area contributed by atoms with Crippen LogP contribution in [0.5, 0.6) is 0 Å². The molecule has 0 radical (unpaired) electrons. The first-order valence-corrected chi connectivity index (χ1v) is 12.9. The monoisotopic (exact) mass is 475 g/mol. The lowest BCUT2D eigenvalue weighted by molar-refractivity contribution is -0.205. The molecule has 1 aliphatic carbocycles. The van der Waals surface area contributed by atoms with Gasteiger partial charge in [-0.15, -0.1) is 0 Å². The molecular formula is C25H41N5O4. The summed E-state index contributed by atoms with van der Waals surface area (Å²) in [4.78, 5) is 37.2. The van der Waals surface area contributed by atoms with E-state index in [0.29, 0.717) is 25.3 Å². The highest BCUT2D eigenvalue weighted by Gasteiger charge is 2.26. The molecule has 3 rings (SSSR count). The molecule has 2 aliphatic rings. The summed E-state index contributed by atoms with van der Waals surface area (Å²) in [6, 6.07) is 3.57. The number of aromatic nitrogens is 1. The van der Waals surface area contributed by atoms with Gasteiger partial charge < -0.3 is 15.4 Å². The van der Waals surface area contributed by atoms with Crippen LogP contribution in [0, 0.1) is 0 Å². The number of ether oxygens (including phenoxy) is 1. The Morgan fingerprint density at radius 1 is 1.12 bits per heavy atom. The number of unbranched alkanes of at least 4 members (excludes halogenated alkanes) is 3. The lowest BCUT2D eigenvalue weighted by atomic mass is 9.95. The Morgan fingerprint density at radius 2 is 1.91 bits per heavy atom. The molecule has 3 amide bonds. The van der Waals surface area contributed by atoms with Gasteiger partial charge in [-0.05, 0) is 37.8 Å². The van der Waals surface area contributed by atoms with Crippen LogP contribution in [0.3, 0.4) is 0 Å². The Hall–Kier alpha value is -2.23. The molecular weight excluding hydrogens is 434 g/mol. The number of carbonyl (C=O) groups excluding carboxylic acids is 2. The average molecular weight is 476 g/mol.